The zero-order valence-electron chi connectivity index (χ0n) is 7.89. The Bertz CT molecular complexity index is 311. The molecule has 4 N–H and O–H groups in total. The number of aromatic nitrogens is 2. The molecule has 1 heterocycles. The van der Waals surface area contributed by atoms with Crippen LogP contribution in [0.1, 0.15) is 0 Å². The van der Waals surface area contributed by atoms with Gasteiger partial charge in [-0.15, -0.1) is 0 Å². The minimum absolute atomic E-state index is 0.232. The van der Waals surface area contributed by atoms with Gasteiger partial charge in [-0.1, -0.05) is 11.6 Å². The van der Waals surface area contributed by atoms with Crippen molar-refractivity contribution in [3.05, 3.63) is 17.5 Å². The lowest BCUT2D eigenvalue weighted by atomic mass is 10.0. The van der Waals surface area contributed by atoms with Gasteiger partial charge in [-0.05, 0) is 0 Å². The maximum atomic E-state index is 9.05. The molecule has 0 saturated heterocycles. The van der Waals surface area contributed by atoms with E-state index in [9.17, 15) is 0 Å². The zero-order valence-corrected chi connectivity index (χ0v) is 8.65. The number of hydrogen-bond donors (Lipinski definition) is 4. The second kappa shape index (κ2) is 5.22. The molecule has 0 amide bonds. The van der Waals surface area contributed by atoms with Gasteiger partial charge in [-0.3, -0.25) is 0 Å². The third kappa shape index (κ3) is 3.00. The summed E-state index contributed by atoms with van der Waals surface area (Å²) in [6.45, 7) is -1.29. The van der Waals surface area contributed by atoms with E-state index < -0.39 is 25.4 Å². The van der Waals surface area contributed by atoms with E-state index in [0.717, 1.165) is 0 Å². The van der Waals surface area contributed by atoms with Crippen LogP contribution in [0.5, 0.6) is 0 Å². The summed E-state index contributed by atoms with van der Waals surface area (Å²) in [6, 6.07) is 1.43. The highest BCUT2D eigenvalue weighted by Gasteiger charge is 2.28. The van der Waals surface area contributed by atoms with Crippen molar-refractivity contribution in [2.45, 2.75) is 5.54 Å². The second-order valence-corrected chi connectivity index (χ2v) is 3.49. The molecule has 0 bridgehead atoms. The fourth-order valence-corrected chi connectivity index (χ4v) is 1.09. The Kier molecular flexibility index (Phi) is 4.22. The molecular formula is C8H12ClN3O3. The van der Waals surface area contributed by atoms with Crippen molar-refractivity contribution in [3.8, 4) is 0 Å². The number of halogens is 1. The number of hydrogen-bond acceptors (Lipinski definition) is 6. The van der Waals surface area contributed by atoms with E-state index in [0.29, 0.717) is 5.82 Å². The SMILES string of the molecule is OCC(CO)(CO)Nc1cc(Cl)ncn1. The Morgan fingerprint density at radius 1 is 1.20 bits per heavy atom. The molecule has 0 saturated carbocycles. The highest BCUT2D eigenvalue weighted by molar-refractivity contribution is 6.29. The molecule has 1 aromatic heterocycles. The monoisotopic (exact) mass is 233 g/mol. The van der Waals surface area contributed by atoms with Gasteiger partial charge in [0.05, 0.1) is 19.8 Å². The number of nitrogens with zero attached hydrogens (tertiary/aromatic N) is 2. The number of nitrogens with one attached hydrogen (secondary N) is 1. The first kappa shape index (κ1) is 12.1. The minimum atomic E-state index is -1.21. The molecule has 0 spiro atoms. The molecule has 0 atom stereocenters. The van der Waals surface area contributed by atoms with Crippen LogP contribution in [0.3, 0.4) is 0 Å². The average molecular weight is 234 g/mol. The molecule has 7 heteroatoms. The standard InChI is InChI=1S/C8H12ClN3O3/c9-6-1-7(11-5-10-6)12-8(2-13,3-14)4-15/h1,5,13-15H,2-4H2,(H,10,11,12). The van der Waals surface area contributed by atoms with Gasteiger partial charge in [0.2, 0.25) is 0 Å². The largest absolute Gasteiger partial charge is 0.394 e. The Morgan fingerprint density at radius 2 is 1.80 bits per heavy atom. The van der Waals surface area contributed by atoms with Crippen molar-refractivity contribution >= 4 is 17.4 Å². The third-order valence-electron chi connectivity index (χ3n) is 1.93. The van der Waals surface area contributed by atoms with Crippen LogP contribution in [0, 0.1) is 0 Å². The summed E-state index contributed by atoms with van der Waals surface area (Å²) >= 11 is 5.62. The molecule has 0 aromatic carbocycles. The van der Waals surface area contributed by atoms with Gasteiger partial charge < -0.3 is 20.6 Å². The molecule has 84 valence electrons. The van der Waals surface area contributed by atoms with Crippen molar-refractivity contribution in [3.63, 3.8) is 0 Å². The summed E-state index contributed by atoms with van der Waals surface area (Å²) in [5, 5.41) is 30.1. The molecule has 0 unspecified atom stereocenters. The van der Waals surface area contributed by atoms with Gasteiger partial charge in [-0.2, -0.15) is 0 Å². The fourth-order valence-electron chi connectivity index (χ4n) is 0.942. The van der Waals surface area contributed by atoms with E-state index in [-0.39, 0.29) is 5.15 Å². The van der Waals surface area contributed by atoms with Crippen LogP contribution in [0.15, 0.2) is 12.4 Å². The van der Waals surface area contributed by atoms with Crippen LogP contribution in [0.2, 0.25) is 5.15 Å². The van der Waals surface area contributed by atoms with E-state index in [2.05, 4.69) is 15.3 Å². The summed E-state index contributed by atoms with van der Waals surface area (Å²) in [5.41, 5.74) is -1.21. The minimum Gasteiger partial charge on any atom is -0.394 e. The molecule has 0 aliphatic heterocycles. The molecule has 0 aliphatic rings. The average Bonchev–Trinajstić information content (AvgIpc) is 2.26. The highest BCUT2D eigenvalue weighted by atomic mass is 35.5. The van der Waals surface area contributed by atoms with Gasteiger partial charge in [0.1, 0.15) is 22.8 Å². The van der Waals surface area contributed by atoms with Crippen LogP contribution < -0.4 is 5.32 Å². The summed E-state index contributed by atoms with van der Waals surface area (Å²) in [4.78, 5) is 7.50. The first-order valence-corrected chi connectivity index (χ1v) is 4.62. The Hall–Kier alpha value is -0.950. The topological polar surface area (TPSA) is 98.5 Å². The smallest absolute Gasteiger partial charge is 0.134 e. The molecule has 0 aliphatic carbocycles. The maximum absolute atomic E-state index is 9.05. The number of anilines is 1. The maximum Gasteiger partial charge on any atom is 0.134 e. The van der Waals surface area contributed by atoms with Crippen LogP contribution in [-0.2, 0) is 0 Å². The summed E-state index contributed by atoms with van der Waals surface area (Å²) in [6.07, 6.45) is 1.24. The number of aliphatic hydroxyl groups is 3. The Morgan fingerprint density at radius 3 is 2.27 bits per heavy atom. The molecule has 1 rings (SSSR count). The van der Waals surface area contributed by atoms with E-state index in [4.69, 9.17) is 26.9 Å². The number of aliphatic hydroxyl groups excluding tert-OH is 3. The van der Waals surface area contributed by atoms with Gasteiger partial charge in [0, 0.05) is 6.07 Å². The van der Waals surface area contributed by atoms with E-state index in [1.54, 1.807) is 0 Å². The first-order valence-electron chi connectivity index (χ1n) is 4.24. The Balaban J connectivity index is 2.82. The lowest BCUT2D eigenvalue weighted by Crippen LogP contribution is -2.49. The molecule has 0 radical (unpaired) electrons. The van der Waals surface area contributed by atoms with Crippen molar-refractivity contribution < 1.29 is 15.3 Å². The Labute approximate surface area is 91.6 Å². The van der Waals surface area contributed by atoms with Gasteiger partial charge >= 0.3 is 0 Å². The van der Waals surface area contributed by atoms with Crippen molar-refractivity contribution in [2.75, 3.05) is 25.1 Å². The van der Waals surface area contributed by atoms with E-state index >= 15 is 0 Å². The van der Waals surface area contributed by atoms with Gasteiger partial charge in [-0.25, -0.2) is 9.97 Å². The van der Waals surface area contributed by atoms with Crippen molar-refractivity contribution in [1.82, 2.24) is 9.97 Å². The summed E-state index contributed by atoms with van der Waals surface area (Å²) in [5.74, 6) is 0.326. The normalized spacial score (nSPS) is 11.5. The van der Waals surface area contributed by atoms with Crippen LogP contribution in [-0.4, -0.2) is 50.6 Å². The van der Waals surface area contributed by atoms with Crippen molar-refractivity contribution in [1.29, 1.82) is 0 Å². The van der Waals surface area contributed by atoms with E-state index in [1.807, 2.05) is 0 Å². The molecule has 6 nitrogen and oxygen atoms in total. The fraction of sp³-hybridized carbons (Fsp3) is 0.500. The highest BCUT2D eigenvalue weighted by Crippen LogP contribution is 2.14. The lowest BCUT2D eigenvalue weighted by molar-refractivity contribution is 0.0831. The number of rotatable bonds is 5. The summed E-state index contributed by atoms with van der Waals surface area (Å²) in [7, 11) is 0. The van der Waals surface area contributed by atoms with Crippen LogP contribution in [0.25, 0.3) is 0 Å². The van der Waals surface area contributed by atoms with Crippen LogP contribution in [0.4, 0.5) is 5.82 Å². The summed E-state index contributed by atoms with van der Waals surface area (Å²) < 4.78 is 0. The van der Waals surface area contributed by atoms with Gasteiger partial charge in [0.15, 0.2) is 0 Å². The van der Waals surface area contributed by atoms with Crippen LogP contribution >= 0.6 is 11.6 Å². The predicted molar refractivity (Wildman–Crippen MR) is 54.7 cm³/mol. The predicted octanol–water partition coefficient (Wildman–Crippen LogP) is -0.742. The van der Waals surface area contributed by atoms with Crippen molar-refractivity contribution in [2.24, 2.45) is 0 Å². The molecule has 15 heavy (non-hydrogen) atoms. The van der Waals surface area contributed by atoms with E-state index in [1.165, 1.54) is 12.4 Å². The molecular weight excluding hydrogens is 222 g/mol. The lowest BCUT2D eigenvalue weighted by Gasteiger charge is -2.29. The molecule has 0 fully saturated rings. The zero-order chi connectivity index (χ0) is 11.3. The second-order valence-electron chi connectivity index (χ2n) is 3.11. The van der Waals surface area contributed by atoms with Gasteiger partial charge in [0.25, 0.3) is 0 Å². The molecule has 1 aromatic rings. The quantitative estimate of drug-likeness (QED) is 0.500. The third-order valence-corrected chi connectivity index (χ3v) is 2.14. The first-order chi connectivity index (χ1) is 7.15.